The van der Waals surface area contributed by atoms with Crippen molar-refractivity contribution in [2.45, 2.75) is 25.8 Å². The zero-order valence-corrected chi connectivity index (χ0v) is 15.1. The zero-order chi connectivity index (χ0) is 18.1. The first-order valence-corrected chi connectivity index (χ1v) is 9.38. The SMILES string of the molecule is C[C@H](c1ccccc1)N1CCN(c2cccc3c2C(=O)CCC3=O)CC1. The summed E-state index contributed by atoms with van der Waals surface area (Å²) in [4.78, 5) is 29.4. The summed E-state index contributed by atoms with van der Waals surface area (Å²) in [6.07, 6.45) is 0.686. The van der Waals surface area contributed by atoms with E-state index < -0.39 is 0 Å². The lowest BCUT2D eigenvalue weighted by Gasteiger charge is -2.40. The standard InChI is InChI=1S/C22H24N2O2/c1-16(17-6-3-2-4-7-17)23-12-14-24(15-13-23)19-9-5-8-18-20(25)10-11-21(26)22(18)19/h2-9,16H,10-15H2,1H3/t16-/m1/s1. The van der Waals surface area contributed by atoms with Gasteiger partial charge in [0, 0.05) is 56.3 Å². The Bertz CT molecular complexity index is 823. The lowest BCUT2D eigenvalue weighted by Crippen LogP contribution is -2.47. The van der Waals surface area contributed by atoms with Crippen molar-refractivity contribution in [3.05, 3.63) is 65.2 Å². The van der Waals surface area contributed by atoms with Gasteiger partial charge in [-0.05, 0) is 18.6 Å². The van der Waals surface area contributed by atoms with E-state index in [2.05, 4.69) is 41.0 Å². The van der Waals surface area contributed by atoms with Gasteiger partial charge < -0.3 is 4.90 Å². The molecule has 0 spiro atoms. The molecule has 4 heteroatoms. The van der Waals surface area contributed by atoms with E-state index in [1.807, 2.05) is 18.2 Å². The van der Waals surface area contributed by atoms with Crippen LogP contribution in [0.2, 0.25) is 0 Å². The number of benzene rings is 2. The largest absolute Gasteiger partial charge is 0.368 e. The van der Waals surface area contributed by atoms with Crippen LogP contribution in [-0.2, 0) is 0 Å². The molecule has 0 amide bonds. The number of hydrogen-bond acceptors (Lipinski definition) is 4. The predicted octanol–water partition coefficient (Wildman–Crippen LogP) is 3.73. The Morgan fingerprint density at radius 3 is 2.23 bits per heavy atom. The second-order valence-electron chi connectivity index (χ2n) is 7.16. The fourth-order valence-corrected chi connectivity index (χ4v) is 4.11. The molecule has 0 aromatic heterocycles. The van der Waals surface area contributed by atoms with Gasteiger partial charge in [-0.2, -0.15) is 0 Å². The first kappa shape index (κ1) is 17.0. The lowest BCUT2D eigenvalue weighted by atomic mass is 9.88. The maximum Gasteiger partial charge on any atom is 0.166 e. The van der Waals surface area contributed by atoms with Crippen LogP contribution >= 0.6 is 0 Å². The number of ketones is 2. The highest BCUT2D eigenvalue weighted by molar-refractivity contribution is 6.16. The van der Waals surface area contributed by atoms with Gasteiger partial charge in [-0.25, -0.2) is 0 Å². The maximum absolute atomic E-state index is 12.5. The third-order valence-corrected chi connectivity index (χ3v) is 5.69. The van der Waals surface area contributed by atoms with Gasteiger partial charge in [0.2, 0.25) is 0 Å². The van der Waals surface area contributed by atoms with Gasteiger partial charge in [-0.1, -0.05) is 42.5 Å². The summed E-state index contributed by atoms with van der Waals surface area (Å²) < 4.78 is 0. The average molecular weight is 348 g/mol. The second kappa shape index (κ2) is 7.04. The van der Waals surface area contributed by atoms with E-state index in [9.17, 15) is 9.59 Å². The number of anilines is 1. The van der Waals surface area contributed by atoms with Gasteiger partial charge in [0.1, 0.15) is 0 Å². The highest BCUT2D eigenvalue weighted by Gasteiger charge is 2.30. The summed E-state index contributed by atoms with van der Waals surface area (Å²) >= 11 is 0. The smallest absolute Gasteiger partial charge is 0.166 e. The molecule has 1 atom stereocenters. The molecule has 0 saturated carbocycles. The number of Topliss-reactive ketones (excluding diaryl/α,β-unsaturated/α-hetero) is 2. The summed E-state index contributed by atoms with van der Waals surface area (Å²) in [5.41, 5.74) is 3.53. The number of nitrogens with zero attached hydrogens (tertiary/aromatic N) is 2. The number of rotatable bonds is 3. The van der Waals surface area contributed by atoms with Crippen LogP contribution in [0.15, 0.2) is 48.5 Å². The molecule has 0 N–H and O–H groups in total. The van der Waals surface area contributed by atoms with Crippen molar-refractivity contribution in [2.75, 3.05) is 31.1 Å². The van der Waals surface area contributed by atoms with Crippen molar-refractivity contribution in [1.29, 1.82) is 0 Å². The normalized spacial score (nSPS) is 19.3. The van der Waals surface area contributed by atoms with E-state index in [4.69, 9.17) is 0 Å². The third-order valence-electron chi connectivity index (χ3n) is 5.69. The Labute approximate surface area is 154 Å². The molecule has 26 heavy (non-hydrogen) atoms. The Hall–Kier alpha value is -2.46. The molecule has 2 aromatic carbocycles. The Kier molecular flexibility index (Phi) is 4.60. The fraction of sp³-hybridized carbons (Fsp3) is 0.364. The quantitative estimate of drug-likeness (QED) is 0.847. The Morgan fingerprint density at radius 1 is 0.808 bits per heavy atom. The van der Waals surface area contributed by atoms with Crippen molar-refractivity contribution >= 4 is 17.3 Å². The Morgan fingerprint density at radius 2 is 1.50 bits per heavy atom. The molecule has 0 unspecified atom stereocenters. The number of fused-ring (bicyclic) bond motifs is 1. The van der Waals surface area contributed by atoms with E-state index in [-0.39, 0.29) is 11.6 Å². The van der Waals surface area contributed by atoms with Gasteiger partial charge in [0.05, 0.1) is 5.56 Å². The molecule has 1 aliphatic heterocycles. The van der Waals surface area contributed by atoms with Crippen LogP contribution in [0, 0.1) is 0 Å². The van der Waals surface area contributed by atoms with Crippen LogP contribution in [0.4, 0.5) is 5.69 Å². The zero-order valence-electron chi connectivity index (χ0n) is 15.1. The summed E-state index contributed by atoms with van der Waals surface area (Å²) in [6.45, 7) is 5.88. The first-order valence-electron chi connectivity index (χ1n) is 9.38. The van der Waals surface area contributed by atoms with E-state index in [1.54, 1.807) is 6.07 Å². The third kappa shape index (κ3) is 3.06. The van der Waals surface area contributed by atoms with Crippen LogP contribution in [0.5, 0.6) is 0 Å². The molecule has 1 fully saturated rings. The molecule has 0 bridgehead atoms. The van der Waals surface area contributed by atoms with E-state index in [1.165, 1.54) is 5.56 Å². The lowest BCUT2D eigenvalue weighted by molar-refractivity contribution is 0.0890. The van der Waals surface area contributed by atoms with Crippen molar-refractivity contribution in [3.8, 4) is 0 Å². The number of hydrogen-bond donors (Lipinski definition) is 0. The maximum atomic E-state index is 12.5. The van der Waals surface area contributed by atoms with Crippen LogP contribution < -0.4 is 4.90 Å². The highest BCUT2D eigenvalue weighted by atomic mass is 16.1. The molecule has 1 heterocycles. The van der Waals surface area contributed by atoms with Crippen molar-refractivity contribution in [3.63, 3.8) is 0 Å². The van der Waals surface area contributed by atoms with Crippen LogP contribution in [0.3, 0.4) is 0 Å². The summed E-state index contributed by atoms with van der Waals surface area (Å²) in [7, 11) is 0. The van der Waals surface area contributed by atoms with E-state index >= 15 is 0 Å². The first-order chi connectivity index (χ1) is 12.6. The van der Waals surface area contributed by atoms with Gasteiger partial charge in [-0.15, -0.1) is 0 Å². The van der Waals surface area contributed by atoms with Crippen molar-refractivity contribution < 1.29 is 9.59 Å². The second-order valence-corrected chi connectivity index (χ2v) is 7.16. The van der Waals surface area contributed by atoms with E-state index in [0.717, 1.165) is 31.9 Å². The molecular formula is C22H24N2O2. The minimum absolute atomic E-state index is 0.0952. The van der Waals surface area contributed by atoms with Gasteiger partial charge in [0.15, 0.2) is 11.6 Å². The van der Waals surface area contributed by atoms with Gasteiger partial charge in [0.25, 0.3) is 0 Å². The molecule has 0 radical (unpaired) electrons. The average Bonchev–Trinajstić information content (AvgIpc) is 2.71. The summed E-state index contributed by atoms with van der Waals surface area (Å²) in [5.74, 6) is 0.202. The molecule has 4 rings (SSSR count). The van der Waals surface area contributed by atoms with Crippen LogP contribution in [-0.4, -0.2) is 42.6 Å². The summed E-state index contributed by atoms with van der Waals surface area (Å²) in [5, 5.41) is 0. The highest BCUT2D eigenvalue weighted by Crippen LogP contribution is 2.32. The molecule has 4 nitrogen and oxygen atoms in total. The molecule has 2 aliphatic rings. The van der Waals surface area contributed by atoms with Crippen LogP contribution in [0.1, 0.15) is 52.1 Å². The predicted molar refractivity (Wildman–Crippen MR) is 103 cm³/mol. The fourth-order valence-electron chi connectivity index (χ4n) is 4.11. The molecular weight excluding hydrogens is 324 g/mol. The molecule has 134 valence electrons. The number of carbonyl (C=O) groups excluding carboxylic acids is 2. The summed E-state index contributed by atoms with van der Waals surface area (Å²) in [6, 6.07) is 16.6. The van der Waals surface area contributed by atoms with Gasteiger partial charge >= 0.3 is 0 Å². The Balaban J connectivity index is 1.52. The topological polar surface area (TPSA) is 40.6 Å². The van der Waals surface area contributed by atoms with Crippen molar-refractivity contribution in [1.82, 2.24) is 4.90 Å². The van der Waals surface area contributed by atoms with Gasteiger partial charge in [-0.3, -0.25) is 14.5 Å². The molecule has 2 aromatic rings. The molecule has 1 saturated heterocycles. The number of carbonyl (C=O) groups is 2. The van der Waals surface area contributed by atoms with Crippen LogP contribution in [0.25, 0.3) is 0 Å². The number of piperazine rings is 1. The van der Waals surface area contributed by atoms with Crippen molar-refractivity contribution in [2.24, 2.45) is 0 Å². The molecule has 1 aliphatic carbocycles. The monoisotopic (exact) mass is 348 g/mol. The minimum Gasteiger partial charge on any atom is -0.368 e. The van der Waals surface area contributed by atoms with E-state index in [0.29, 0.717) is 30.0 Å². The minimum atomic E-state index is 0.0952.